The van der Waals surface area contributed by atoms with Gasteiger partial charge in [-0.25, -0.2) is 0 Å². The Labute approximate surface area is 155 Å². The molecule has 0 aliphatic heterocycles. The molecule has 22 heavy (non-hydrogen) atoms. The van der Waals surface area contributed by atoms with Crippen LogP contribution in [0.4, 0.5) is 0 Å². The van der Waals surface area contributed by atoms with E-state index in [1.165, 1.54) is 17.1 Å². The Morgan fingerprint density at radius 1 is 0.818 bits per heavy atom. The van der Waals surface area contributed by atoms with Gasteiger partial charge >= 0.3 is 62.1 Å². The zero-order valence-electron chi connectivity index (χ0n) is 13.6. The molecular formula is C15H23Cl6Sb. The van der Waals surface area contributed by atoms with Crippen LogP contribution in [0.2, 0.25) is 0 Å². The van der Waals surface area contributed by atoms with Gasteiger partial charge in [0.1, 0.15) is 0 Å². The van der Waals surface area contributed by atoms with E-state index in [1.54, 1.807) is 5.57 Å². The first-order valence-electron chi connectivity index (χ1n) is 6.75. The summed E-state index contributed by atoms with van der Waals surface area (Å²) in [5, 5.41) is 0. The Balaban J connectivity index is 0.000000534. The zero-order chi connectivity index (χ0) is 18.0. The van der Waals surface area contributed by atoms with E-state index >= 15 is 0 Å². The van der Waals surface area contributed by atoms with Crippen LogP contribution in [0.3, 0.4) is 0 Å². The summed E-state index contributed by atoms with van der Waals surface area (Å²) in [4.78, 5) is 0. The molecule has 1 aliphatic carbocycles. The van der Waals surface area contributed by atoms with E-state index < -0.39 is 9.14 Å². The third-order valence-electron chi connectivity index (χ3n) is 2.53. The van der Waals surface area contributed by atoms with E-state index in [2.05, 4.69) is 59.8 Å². The number of hydrogen-bond donors (Lipinski definition) is 0. The van der Waals surface area contributed by atoms with Crippen molar-refractivity contribution in [2.75, 3.05) is 0 Å². The summed E-state index contributed by atoms with van der Waals surface area (Å²) >= 11 is 0. The minimum atomic E-state index is -5.42. The summed E-state index contributed by atoms with van der Waals surface area (Å²) < 4.78 is 0. The topological polar surface area (TPSA) is 0 Å². The minimum absolute atomic E-state index is 0.666. The molecule has 0 radical (unpaired) electrons. The van der Waals surface area contributed by atoms with E-state index in [1.807, 2.05) is 0 Å². The van der Waals surface area contributed by atoms with Crippen molar-refractivity contribution in [3.63, 3.8) is 0 Å². The SMILES string of the molecule is CC(C)=CC1C(=C[C+](C)C)C1C=C(C)C.[Cl][Sb-]([Cl])([Cl])([Cl])([Cl])[Cl]. The Morgan fingerprint density at radius 2 is 1.09 bits per heavy atom. The van der Waals surface area contributed by atoms with Crippen molar-refractivity contribution >= 4 is 62.1 Å². The fourth-order valence-corrected chi connectivity index (χ4v) is 1.97. The molecule has 0 spiro atoms. The van der Waals surface area contributed by atoms with Gasteiger partial charge in [0, 0.05) is 19.8 Å². The predicted octanol–water partition coefficient (Wildman–Crippen LogP) is 8.46. The second-order valence-electron chi connectivity index (χ2n) is 6.22. The Hall–Kier alpha value is 1.65. The summed E-state index contributed by atoms with van der Waals surface area (Å²) in [5.74, 6) is 2.74. The Bertz CT molecular complexity index is 448. The van der Waals surface area contributed by atoms with Crippen molar-refractivity contribution in [3.05, 3.63) is 40.9 Å². The van der Waals surface area contributed by atoms with Crippen molar-refractivity contribution in [1.29, 1.82) is 0 Å². The van der Waals surface area contributed by atoms with Crippen LogP contribution < -0.4 is 0 Å². The molecule has 7 heteroatoms. The van der Waals surface area contributed by atoms with Crippen LogP contribution in [-0.2, 0) is 0 Å². The van der Waals surface area contributed by atoms with Crippen molar-refractivity contribution in [3.8, 4) is 0 Å². The van der Waals surface area contributed by atoms with Gasteiger partial charge in [-0.1, -0.05) is 23.3 Å². The van der Waals surface area contributed by atoms with Gasteiger partial charge < -0.3 is 0 Å². The molecule has 0 saturated heterocycles. The fraction of sp³-hybridized carbons (Fsp3) is 0.533. The van der Waals surface area contributed by atoms with Crippen LogP contribution in [0, 0.1) is 17.8 Å². The molecule has 0 nitrogen and oxygen atoms in total. The Morgan fingerprint density at radius 3 is 1.27 bits per heavy atom. The van der Waals surface area contributed by atoms with Crippen LogP contribution in [-0.4, -0.2) is 9.14 Å². The van der Waals surface area contributed by atoms with Crippen LogP contribution in [0.15, 0.2) is 34.9 Å². The van der Waals surface area contributed by atoms with E-state index in [-0.39, 0.29) is 0 Å². The molecule has 2 unspecified atom stereocenters. The normalized spacial score (nSPS) is 23.2. The first-order chi connectivity index (χ1) is 9.36. The Kier molecular flexibility index (Phi) is 8.05. The second-order valence-corrected chi connectivity index (χ2v) is 63.1. The third-order valence-corrected chi connectivity index (χ3v) is 2.53. The molecule has 0 aromatic carbocycles. The fourth-order valence-electron chi connectivity index (χ4n) is 1.97. The van der Waals surface area contributed by atoms with E-state index in [9.17, 15) is 0 Å². The molecule has 2 atom stereocenters. The maximum atomic E-state index is 5.06. The molecule has 1 saturated carbocycles. The maximum absolute atomic E-state index is 5.42. The number of allylic oxidation sites excluding steroid dienone is 6. The molecule has 1 aliphatic rings. The first-order valence-corrected chi connectivity index (χ1v) is 26.1. The van der Waals surface area contributed by atoms with Crippen molar-refractivity contribution < 1.29 is 0 Å². The van der Waals surface area contributed by atoms with E-state index in [4.69, 9.17) is 53.0 Å². The summed E-state index contributed by atoms with van der Waals surface area (Å²) in [7, 11) is 25.0. The monoisotopic (exact) mass is 534 g/mol. The van der Waals surface area contributed by atoms with Crippen molar-refractivity contribution in [1.82, 2.24) is 0 Å². The van der Waals surface area contributed by atoms with Gasteiger partial charge in [-0.3, -0.25) is 0 Å². The van der Waals surface area contributed by atoms with E-state index in [0.29, 0.717) is 11.8 Å². The van der Waals surface area contributed by atoms with Crippen LogP contribution in [0.5, 0.6) is 0 Å². The molecule has 0 amide bonds. The predicted molar refractivity (Wildman–Crippen MR) is 109 cm³/mol. The number of rotatable bonds is 3. The first kappa shape index (κ1) is 23.6. The standard InChI is InChI=1S/C15H23.6ClH.Sb/c1-10(2)7-13-14(8-11(3)4)15(13)9-12(5)6;;;;;;;/h7-9,13-14H,1-6H3;6*1H;/q+1;;;;;;;+5/p-6. The van der Waals surface area contributed by atoms with Crippen LogP contribution in [0.1, 0.15) is 41.5 Å². The van der Waals surface area contributed by atoms with Crippen LogP contribution >= 0.6 is 53.0 Å². The summed E-state index contributed by atoms with van der Waals surface area (Å²) in [6.07, 6.45) is 7.12. The molecular weight excluding hydrogens is 515 g/mol. The summed E-state index contributed by atoms with van der Waals surface area (Å²) in [5.41, 5.74) is 4.42. The summed E-state index contributed by atoms with van der Waals surface area (Å²) in [6, 6.07) is 0. The van der Waals surface area contributed by atoms with Gasteiger partial charge in [0.25, 0.3) is 0 Å². The number of hydrogen-bond acceptors (Lipinski definition) is 0. The molecule has 130 valence electrons. The average Bonchev–Trinajstić information content (AvgIpc) is 2.69. The zero-order valence-corrected chi connectivity index (χ0v) is 20.7. The molecule has 0 bridgehead atoms. The van der Waals surface area contributed by atoms with Crippen molar-refractivity contribution in [2.45, 2.75) is 41.5 Å². The number of halogens is 6. The van der Waals surface area contributed by atoms with Gasteiger partial charge in [0.2, 0.25) is 0 Å². The van der Waals surface area contributed by atoms with Gasteiger partial charge in [-0.2, -0.15) is 0 Å². The second kappa shape index (κ2) is 7.49. The van der Waals surface area contributed by atoms with Crippen molar-refractivity contribution in [2.24, 2.45) is 11.8 Å². The van der Waals surface area contributed by atoms with Gasteiger partial charge in [-0.05, 0) is 27.7 Å². The average molecular weight is 538 g/mol. The molecule has 0 aromatic rings. The third kappa shape index (κ3) is 16.5. The van der Waals surface area contributed by atoms with Gasteiger partial charge in [0.15, 0.2) is 0 Å². The van der Waals surface area contributed by atoms with Gasteiger partial charge in [-0.15, -0.1) is 0 Å². The molecule has 1 rings (SSSR count). The molecule has 0 aromatic heterocycles. The van der Waals surface area contributed by atoms with E-state index in [0.717, 1.165) is 0 Å². The molecule has 0 heterocycles. The van der Waals surface area contributed by atoms with Gasteiger partial charge in [0.05, 0.1) is 23.5 Å². The van der Waals surface area contributed by atoms with Crippen LogP contribution in [0.25, 0.3) is 0 Å². The quantitative estimate of drug-likeness (QED) is 0.192. The molecule has 0 N–H and O–H groups in total. The summed E-state index contributed by atoms with van der Waals surface area (Å²) in [6.45, 7) is 13.1. The molecule has 1 fully saturated rings.